The summed E-state index contributed by atoms with van der Waals surface area (Å²) in [6, 6.07) is 7.63. The molecule has 1 aromatic rings. The molecule has 0 aromatic heterocycles. The summed E-state index contributed by atoms with van der Waals surface area (Å²) in [7, 11) is 0. The fraction of sp³-hybridized carbons (Fsp3) is 0.125. The number of halogens is 2. The van der Waals surface area contributed by atoms with Gasteiger partial charge in [0.05, 0.1) is 0 Å². The zero-order valence-corrected chi connectivity index (χ0v) is 9.16. The first-order chi connectivity index (χ1) is 5.68. The van der Waals surface area contributed by atoms with Crippen molar-refractivity contribution in [1.82, 2.24) is 0 Å². The Morgan fingerprint density at radius 2 is 2.23 bits per heavy atom. The molecule has 0 aliphatic heterocycles. The number of benzene rings is 1. The van der Waals surface area contributed by atoms with Gasteiger partial charge in [0, 0.05) is 10.8 Å². The molecule has 0 unspecified atom stereocenters. The Bertz CT molecular complexity index is 291. The highest BCUT2D eigenvalue weighted by Gasteiger charge is 1.98. The van der Waals surface area contributed by atoms with Gasteiger partial charge in [0.1, 0.15) is 0 Å². The molecule has 0 aliphatic rings. The zero-order valence-electron chi connectivity index (χ0n) is 6.84. The lowest BCUT2D eigenvalue weighted by atomic mass is 10.2. The summed E-state index contributed by atoms with van der Waals surface area (Å²) in [4.78, 5) is 0. The Morgan fingerprint density at radius 3 is 2.77 bits per heavy atom. The summed E-state index contributed by atoms with van der Waals surface area (Å²) >= 11 is 7.19. The third-order valence-electron chi connectivity index (χ3n) is 1.29. The summed E-state index contributed by atoms with van der Waals surface area (Å²) in [5, 5.41) is 6.43. The quantitative estimate of drug-likeness (QED) is 0.447. The Labute approximate surface area is 92.8 Å². The molecular weight excluding hydrogens is 227 g/mol. The molecule has 5 heteroatoms. The predicted molar refractivity (Wildman–Crippen MR) is 53.9 cm³/mol. The molecule has 0 bridgehead atoms. The summed E-state index contributed by atoms with van der Waals surface area (Å²) < 4.78 is 0. The highest BCUT2D eigenvalue weighted by molar-refractivity contribution is 8.12. The van der Waals surface area contributed by atoms with E-state index in [1.807, 2.05) is 24.3 Å². The van der Waals surface area contributed by atoms with Crippen LogP contribution >= 0.6 is 23.4 Å². The molecule has 2 nitrogen and oxygen atoms in total. The van der Waals surface area contributed by atoms with E-state index in [-0.39, 0.29) is 12.4 Å². The molecule has 0 heterocycles. The van der Waals surface area contributed by atoms with Crippen molar-refractivity contribution in [3.63, 3.8) is 0 Å². The zero-order chi connectivity index (χ0) is 8.97. The molecule has 0 saturated heterocycles. The van der Waals surface area contributed by atoms with Crippen LogP contribution in [0.15, 0.2) is 24.3 Å². The van der Waals surface area contributed by atoms with Crippen molar-refractivity contribution in [2.75, 3.05) is 0 Å². The number of rotatable bonds is 2. The SMILES string of the molecule is NC(=[NH2+])SCc1cccc(Cl)c1.[Cl-]. The lowest BCUT2D eigenvalue weighted by Crippen LogP contribution is -3.00. The van der Waals surface area contributed by atoms with Crippen molar-refractivity contribution >= 4 is 28.5 Å². The Kier molecular flexibility index (Phi) is 5.95. The monoisotopic (exact) mass is 236 g/mol. The number of amidine groups is 1. The largest absolute Gasteiger partial charge is 1.00 e. The Hall–Kier alpha value is -0.380. The molecule has 0 atom stereocenters. The van der Waals surface area contributed by atoms with Gasteiger partial charge in [-0.15, -0.1) is 0 Å². The van der Waals surface area contributed by atoms with E-state index in [0.29, 0.717) is 5.17 Å². The van der Waals surface area contributed by atoms with Crippen molar-refractivity contribution in [2.24, 2.45) is 5.73 Å². The fourth-order valence-corrected chi connectivity index (χ4v) is 1.52. The van der Waals surface area contributed by atoms with Crippen LogP contribution in [0.5, 0.6) is 0 Å². The maximum absolute atomic E-state index is 5.78. The van der Waals surface area contributed by atoms with Crippen molar-refractivity contribution < 1.29 is 17.8 Å². The van der Waals surface area contributed by atoms with Crippen LogP contribution in [0.1, 0.15) is 5.56 Å². The highest BCUT2D eigenvalue weighted by Crippen LogP contribution is 2.15. The van der Waals surface area contributed by atoms with E-state index in [0.717, 1.165) is 16.3 Å². The van der Waals surface area contributed by atoms with Crippen LogP contribution in [0.3, 0.4) is 0 Å². The first-order valence-corrected chi connectivity index (χ1v) is 4.80. The highest BCUT2D eigenvalue weighted by atomic mass is 35.5. The molecule has 13 heavy (non-hydrogen) atoms. The number of hydrogen-bond acceptors (Lipinski definition) is 1. The van der Waals surface area contributed by atoms with Gasteiger partial charge in [0.2, 0.25) is 0 Å². The number of nitrogens with two attached hydrogens (primary N) is 2. The van der Waals surface area contributed by atoms with Gasteiger partial charge in [-0.25, -0.2) is 0 Å². The van der Waals surface area contributed by atoms with Gasteiger partial charge in [-0.05, 0) is 29.5 Å². The van der Waals surface area contributed by atoms with Crippen LogP contribution in [0.2, 0.25) is 5.02 Å². The van der Waals surface area contributed by atoms with Crippen LogP contribution in [-0.4, -0.2) is 5.17 Å². The minimum atomic E-state index is 0. The van der Waals surface area contributed by atoms with Gasteiger partial charge < -0.3 is 12.4 Å². The van der Waals surface area contributed by atoms with E-state index in [2.05, 4.69) is 0 Å². The van der Waals surface area contributed by atoms with Crippen LogP contribution in [-0.2, 0) is 5.75 Å². The summed E-state index contributed by atoms with van der Waals surface area (Å²) in [6.07, 6.45) is 0. The van der Waals surface area contributed by atoms with Gasteiger partial charge in [0.25, 0.3) is 5.17 Å². The molecule has 0 radical (unpaired) electrons. The first-order valence-electron chi connectivity index (χ1n) is 3.43. The molecule has 0 aliphatic carbocycles. The average molecular weight is 237 g/mol. The number of hydrogen-bond donors (Lipinski definition) is 2. The summed E-state index contributed by atoms with van der Waals surface area (Å²) in [5.74, 6) is 0.767. The van der Waals surface area contributed by atoms with E-state index in [1.165, 1.54) is 11.8 Å². The third kappa shape index (κ3) is 5.03. The number of thioether (sulfide) groups is 1. The van der Waals surface area contributed by atoms with E-state index >= 15 is 0 Å². The second kappa shape index (κ2) is 6.13. The second-order valence-corrected chi connectivity index (χ2v) is 3.81. The van der Waals surface area contributed by atoms with Gasteiger partial charge in [-0.3, -0.25) is 11.1 Å². The summed E-state index contributed by atoms with van der Waals surface area (Å²) in [6.45, 7) is 0. The Balaban J connectivity index is 0.00000144. The molecule has 0 spiro atoms. The lowest BCUT2D eigenvalue weighted by molar-refractivity contribution is -0.110. The van der Waals surface area contributed by atoms with Crippen LogP contribution < -0.4 is 23.5 Å². The maximum Gasteiger partial charge on any atom is 0.300 e. The van der Waals surface area contributed by atoms with E-state index < -0.39 is 0 Å². The van der Waals surface area contributed by atoms with Crippen molar-refractivity contribution in [3.05, 3.63) is 34.9 Å². The molecule has 72 valence electrons. The maximum atomic E-state index is 5.78. The van der Waals surface area contributed by atoms with Crippen LogP contribution in [0, 0.1) is 0 Å². The van der Waals surface area contributed by atoms with Gasteiger partial charge in [-0.1, -0.05) is 23.7 Å². The fourth-order valence-electron chi connectivity index (χ4n) is 0.793. The molecular formula is C8H10Cl2N2S. The predicted octanol–water partition coefficient (Wildman–Crippen LogP) is -2.35. The molecule has 0 amide bonds. The topological polar surface area (TPSA) is 51.6 Å². The van der Waals surface area contributed by atoms with E-state index in [4.69, 9.17) is 22.7 Å². The van der Waals surface area contributed by atoms with Crippen molar-refractivity contribution in [3.8, 4) is 0 Å². The van der Waals surface area contributed by atoms with Gasteiger partial charge in [-0.2, -0.15) is 0 Å². The smallest absolute Gasteiger partial charge is 0.300 e. The average Bonchev–Trinajstić information content (AvgIpc) is 2.01. The summed E-state index contributed by atoms with van der Waals surface area (Å²) in [5.41, 5.74) is 6.43. The second-order valence-electron chi connectivity index (χ2n) is 2.32. The Morgan fingerprint density at radius 1 is 1.54 bits per heavy atom. The van der Waals surface area contributed by atoms with Gasteiger partial charge in [0.15, 0.2) is 0 Å². The van der Waals surface area contributed by atoms with Crippen LogP contribution in [0.25, 0.3) is 0 Å². The minimum Gasteiger partial charge on any atom is -1.00 e. The molecule has 0 saturated carbocycles. The first kappa shape index (κ1) is 12.6. The molecule has 0 fully saturated rings. The van der Waals surface area contributed by atoms with Gasteiger partial charge >= 0.3 is 0 Å². The lowest BCUT2D eigenvalue weighted by Gasteiger charge is -1.97. The minimum absolute atomic E-state index is 0. The van der Waals surface area contributed by atoms with Crippen molar-refractivity contribution in [1.29, 1.82) is 0 Å². The standard InChI is InChI=1S/C8H9ClN2S.ClH/c9-7-3-1-2-6(4-7)5-12-8(10)11;/h1-4H,5H2,(H3,10,11);1H. The molecule has 1 rings (SSSR count). The van der Waals surface area contributed by atoms with Crippen LogP contribution in [0.4, 0.5) is 0 Å². The normalized spacial score (nSPS) is 9.00. The van der Waals surface area contributed by atoms with E-state index in [1.54, 1.807) is 0 Å². The van der Waals surface area contributed by atoms with Crippen molar-refractivity contribution in [2.45, 2.75) is 5.75 Å². The third-order valence-corrected chi connectivity index (χ3v) is 2.34. The molecule has 4 N–H and O–H groups in total. The molecule has 1 aromatic carbocycles. The van der Waals surface area contributed by atoms with E-state index in [9.17, 15) is 0 Å².